The number of benzene rings is 4. The van der Waals surface area contributed by atoms with Gasteiger partial charge in [0.2, 0.25) is 0 Å². The summed E-state index contributed by atoms with van der Waals surface area (Å²) in [4.78, 5) is 0. The van der Waals surface area contributed by atoms with Crippen LogP contribution in [0.4, 0.5) is 0 Å². The predicted molar refractivity (Wildman–Crippen MR) is 190 cm³/mol. The predicted octanol–water partition coefficient (Wildman–Crippen LogP) is 5.98. The summed E-state index contributed by atoms with van der Waals surface area (Å²) in [5, 5.41) is 0. The van der Waals surface area contributed by atoms with Gasteiger partial charge in [-0.25, -0.2) is 0 Å². The first-order valence-corrected chi connectivity index (χ1v) is 20.2. The van der Waals surface area contributed by atoms with Gasteiger partial charge < -0.3 is 24.8 Å². The Morgan fingerprint density at radius 3 is 1.39 bits per heavy atom. The molecule has 3 heteroatoms. The minimum atomic E-state index is -2.33. The fourth-order valence-corrected chi connectivity index (χ4v) is 15.7. The Kier molecular flexibility index (Phi) is 10.9. The van der Waals surface area contributed by atoms with E-state index in [0.717, 1.165) is 6.42 Å². The van der Waals surface area contributed by atoms with Crippen LogP contribution in [0.5, 0.6) is 0 Å². The Morgan fingerprint density at radius 1 is 0.609 bits per heavy atom. The zero-order valence-electron chi connectivity index (χ0n) is 29.2. The fraction of sp³-hybridized carbons (Fsp3) is 0.326. The first kappa shape index (κ1) is 36.5. The topological polar surface area (TPSA) is 0 Å². The summed E-state index contributed by atoms with van der Waals surface area (Å²) < 4.78 is 3.87. The molecule has 0 N–H and O–H groups in total. The van der Waals surface area contributed by atoms with Crippen molar-refractivity contribution in [1.82, 2.24) is 0 Å². The van der Waals surface area contributed by atoms with Gasteiger partial charge in [-0.15, -0.1) is 0 Å². The van der Waals surface area contributed by atoms with E-state index in [4.69, 9.17) is 0 Å². The van der Waals surface area contributed by atoms with Gasteiger partial charge in [-0.2, -0.15) is 0 Å². The summed E-state index contributed by atoms with van der Waals surface area (Å²) in [6.07, 6.45) is 8.27. The van der Waals surface area contributed by atoms with E-state index in [2.05, 4.69) is 160 Å². The van der Waals surface area contributed by atoms with Gasteiger partial charge in [0.15, 0.2) is 0 Å². The smallest absolute Gasteiger partial charge is 1.00 e. The molecular formula is C43H48Cl2Zr. The first-order chi connectivity index (χ1) is 20.8. The fourth-order valence-electron chi connectivity index (χ4n) is 7.53. The summed E-state index contributed by atoms with van der Waals surface area (Å²) in [5.74, 6) is 0. The maximum atomic E-state index is 2.64. The van der Waals surface area contributed by atoms with Gasteiger partial charge in [-0.05, 0) is 0 Å². The SMILES string of the molecule is C[C](C)=[Zr+2]([C]1=CC=CC1)[CH]1c2cc(-c3ccccc3C)c(C(C)(C)C)cc2-c2cc(C(C)(C)C)c(-c3ccccc3C)cc21.[Cl-].[Cl-]. The second-order valence-electron chi connectivity index (χ2n) is 15.3. The Morgan fingerprint density at radius 2 is 1.04 bits per heavy atom. The van der Waals surface area contributed by atoms with E-state index >= 15 is 0 Å². The third-order valence-electron chi connectivity index (χ3n) is 9.72. The van der Waals surface area contributed by atoms with E-state index in [9.17, 15) is 0 Å². The molecule has 0 atom stereocenters. The molecule has 2 aliphatic rings. The largest absolute Gasteiger partial charge is 1.00 e. The summed E-state index contributed by atoms with van der Waals surface area (Å²) >= 11 is -2.33. The summed E-state index contributed by atoms with van der Waals surface area (Å²) in [7, 11) is 0. The van der Waals surface area contributed by atoms with Gasteiger partial charge in [0.05, 0.1) is 0 Å². The molecule has 0 aromatic heterocycles. The second kappa shape index (κ2) is 13.7. The number of allylic oxidation sites excluding steroid dienone is 4. The summed E-state index contributed by atoms with van der Waals surface area (Å²) in [6.45, 7) is 23.7. The summed E-state index contributed by atoms with van der Waals surface area (Å²) in [5.41, 5.74) is 17.3. The van der Waals surface area contributed by atoms with Crippen molar-refractivity contribution in [3.8, 4) is 33.4 Å². The normalized spacial score (nSPS) is 13.6. The molecule has 238 valence electrons. The minimum Gasteiger partial charge on any atom is -1.00 e. The van der Waals surface area contributed by atoms with E-state index in [-0.39, 0.29) is 35.6 Å². The Labute approximate surface area is 298 Å². The molecule has 0 radical (unpaired) electrons. The minimum absolute atomic E-state index is 0. The van der Waals surface area contributed by atoms with Crippen LogP contribution in [0.15, 0.2) is 94.3 Å². The van der Waals surface area contributed by atoms with E-state index in [1.807, 2.05) is 0 Å². The van der Waals surface area contributed by atoms with Gasteiger partial charge >= 0.3 is 276 Å². The number of fused-ring (bicyclic) bond motifs is 3. The maximum Gasteiger partial charge on any atom is -1.00 e. The van der Waals surface area contributed by atoms with Crippen LogP contribution in [0, 0.1) is 13.8 Å². The average Bonchev–Trinajstić information content (AvgIpc) is 3.58. The van der Waals surface area contributed by atoms with E-state index < -0.39 is 21.3 Å². The molecule has 0 aliphatic heterocycles. The van der Waals surface area contributed by atoms with Crippen LogP contribution < -0.4 is 24.8 Å². The Hall–Kier alpha value is -2.31. The van der Waals surface area contributed by atoms with Crippen LogP contribution in [0.25, 0.3) is 33.4 Å². The van der Waals surface area contributed by atoms with Crippen molar-refractivity contribution in [3.05, 3.63) is 128 Å². The zero-order valence-corrected chi connectivity index (χ0v) is 33.2. The van der Waals surface area contributed by atoms with Crippen molar-refractivity contribution in [2.45, 2.75) is 90.1 Å². The van der Waals surface area contributed by atoms with Crippen molar-refractivity contribution in [3.63, 3.8) is 0 Å². The van der Waals surface area contributed by atoms with Crippen LogP contribution in [0.2, 0.25) is 0 Å². The van der Waals surface area contributed by atoms with Crippen molar-refractivity contribution < 1.29 is 46.1 Å². The second-order valence-corrected chi connectivity index (χ2v) is 22.8. The number of hydrogen-bond acceptors (Lipinski definition) is 0. The molecule has 0 heterocycles. The van der Waals surface area contributed by atoms with Crippen molar-refractivity contribution in [2.24, 2.45) is 0 Å². The Balaban J connectivity index is 0.00000240. The molecule has 0 bridgehead atoms. The van der Waals surface area contributed by atoms with Crippen LogP contribution in [-0.4, -0.2) is 3.21 Å². The third kappa shape index (κ3) is 6.55. The number of hydrogen-bond donors (Lipinski definition) is 0. The molecule has 46 heavy (non-hydrogen) atoms. The number of halogens is 2. The number of rotatable bonds is 4. The van der Waals surface area contributed by atoms with Gasteiger partial charge in [-0.1, -0.05) is 0 Å². The van der Waals surface area contributed by atoms with Crippen molar-refractivity contribution in [1.29, 1.82) is 0 Å². The van der Waals surface area contributed by atoms with Crippen LogP contribution in [-0.2, 0) is 32.1 Å². The van der Waals surface area contributed by atoms with Gasteiger partial charge in [-0.3, -0.25) is 0 Å². The molecule has 6 rings (SSSR count). The molecule has 0 amide bonds. The van der Waals surface area contributed by atoms with Crippen molar-refractivity contribution >= 4 is 3.21 Å². The molecule has 0 unspecified atom stereocenters. The third-order valence-corrected chi connectivity index (χ3v) is 17.9. The molecule has 0 saturated heterocycles. The first-order valence-electron chi connectivity index (χ1n) is 16.3. The molecular weight excluding hydrogens is 679 g/mol. The van der Waals surface area contributed by atoms with Crippen LogP contribution in [0.1, 0.15) is 98.8 Å². The zero-order chi connectivity index (χ0) is 31.6. The molecule has 0 spiro atoms. The standard InChI is InChI=1S/C35H37.C5H5.C3H6.2ClH.Zr/c1-22-13-9-11-15-26(22)30-18-24-17-25-19-31(27-16-12-10-14-23(27)2)33(35(6,7)8)21-29(25)28(24)20-32(30)34(3,4)5;1-2-4-5-3-1;1-3-2;;;/h9-21H,1-8H3;1-3H,4H2;1-2H3;2*1H;/q;;;;;+2/p-2. The maximum absolute atomic E-state index is 2.64. The average molecular weight is 727 g/mol. The molecule has 4 aromatic carbocycles. The van der Waals surface area contributed by atoms with Gasteiger partial charge in [0.25, 0.3) is 0 Å². The molecule has 0 nitrogen and oxygen atoms in total. The van der Waals surface area contributed by atoms with Gasteiger partial charge in [0.1, 0.15) is 0 Å². The van der Waals surface area contributed by atoms with Crippen molar-refractivity contribution in [2.75, 3.05) is 0 Å². The van der Waals surface area contributed by atoms with Gasteiger partial charge in [0, 0.05) is 0 Å². The molecule has 0 saturated carbocycles. The number of aryl methyl sites for hydroxylation is 2. The van der Waals surface area contributed by atoms with E-state index in [1.165, 1.54) is 55.6 Å². The van der Waals surface area contributed by atoms with E-state index in [1.54, 1.807) is 17.6 Å². The molecule has 0 fully saturated rings. The monoisotopic (exact) mass is 724 g/mol. The molecule has 2 aliphatic carbocycles. The Bertz CT molecular complexity index is 1770. The quantitative estimate of drug-likeness (QED) is 0.243. The molecule has 4 aromatic rings. The summed E-state index contributed by atoms with van der Waals surface area (Å²) in [6, 6.07) is 28.4. The van der Waals surface area contributed by atoms with Crippen LogP contribution in [0.3, 0.4) is 0 Å². The van der Waals surface area contributed by atoms with Crippen LogP contribution >= 0.6 is 0 Å². The van der Waals surface area contributed by atoms with E-state index in [0.29, 0.717) is 3.63 Å².